The van der Waals surface area contributed by atoms with E-state index in [9.17, 15) is 4.79 Å². The Morgan fingerprint density at radius 3 is 1.28 bits per heavy atom. The fourth-order valence-corrected chi connectivity index (χ4v) is 14.0. The summed E-state index contributed by atoms with van der Waals surface area (Å²) in [5.41, 5.74) is -1.02. The molecule has 5 heterocycles. The molecule has 8 rings (SSSR count). The van der Waals surface area contributed by atoms with Crippen molar-refractivity contribution in [2.24, 2.45) is 11.8 Å². The molecule has 3 aromatic rings. The first-order chi connectivity index (χ1) is 28.4. The molecule has 0 unspecified atom stereocenters. The van der Waals surface area contributed by atoms with Gasteiger partial charge in [0.1, 0.15) is 17.8 Å². The van der Waals surface area contributed by atoms with Crippen molar-refractivity contribution in [3.8, 4) is 0 Å². The molecular weight excluding hydrogens is 846 g/mol. The zero-order valence-electron chi connectivity index (χ0n) is 38.9. The molecule has 5 saturated heterocycles. The standard InChI is InChI=1S/C19H18BrP.C12H20O3.C11H18O4.C4H8O.C4H9.Li/c1-21(20,17-11-5-2-6-12-17,18-13-7-3-8-14-18)19-15-9-4-10-16-19;1-6-12(7-2)8(3)9-10(15-12)14-11(4,5)13-9;1-5-11(6-12)7(2)8-9(15-11)14-10(3,4)13-8;1-2-4-5-3-1;1-3-4-2;/h2-16H,1H3;6,8-10H,1,7H2,2-5H3;6-9H,5H2,1-4H3;1-4H2;1,3-4H2,2H3;/q;;;;-1;+1/t;8-,9+,10-,12+;7-,8+,9-,11-;;;/m.00.../s1. The Bertz CT molecular complexity index is 1590. The smallest absolute Gasteiger partial charge is 0.343 e. The third-order valence-corrected chi connectivity index (χ3v) is 20.6. The molecule has 8 atom stereocenters. The van der Waals surface area contributed by atoms with Gasteiger partial charge in [0.05, 0.1) is 5.60 Å². The number of ether oxygens (including phenoxy) is 7. The van der Waals surface area contributed by atoms with Gasteiger partial charge in [0.25, 0.3) is 0 Å². The van der Waals surface area contributed by atoms with Crippen LogP contribution in [0.1, 0.15) is 101 Å². The monoisotopic (exact) mass is 918 g/mol. The predicted molar refractivity (Wildman–Crippen MR) is 251 cm³/mol. The maximum Gasteiger partial charge on any atom is 1.00 e. The van der Waals surface area contributed by atoms with Crippen LogP contribution in [0.5, 0.6) is 0 Å². The van der Waals surface area contributed by atoms with E-state index in [2.05, 4.69) is 147 Å². The van der Waals surface area contributed by atoms with Crippen molar-refractivity contribution in [1.29, 1.82) is 0 Å². The molecule has 11 heteroatoms. The van der Waals surface area contributed by atoms with E-state index >= 15 is 0 Å². The fourth-order valence-electron chi connectivity index (χ4n) is 8.29. The van der Waals surface area contributed by atoms with E-state index in [0.717, 1.165) is 32.3 Å². The molecule has 0 aromatic heterocycles. The topological polar surface area (TPSA) is 81.7 Å². The molecule has 5 aliphatic rings. The Hall–Kier alpha value is -1.70. The summed E-state index contributed by atoms with van der Waals surface area (Å²) < 4.78 is 39.5. The Morgan fingerprint density at radius 1 is 0.672 bits per heavy atom. The van der Waals surface area contributed by atoms with Gasteiger partial charge in [0, 0.05) is 25.0 Å². The van der Waals surface area contributed by atoms with Crippen molar-refractivity contribution >= 4 is 43.0 Å². The van der Waals surface area contributed by atoms with Gasteiger partial charge in [-0.05, 0) is 53.4 Å². The minimum atomic E-state index is -2.56. The van der Waals surface area contributed by atoms with Gasteiger partial charge in [-0.3, -0.25) is 0 Å². The van der Waals surface area contributed by atoms with Crippen molar-refractivity contribution in [3.05, 3.63) is 111 Å². The number of halogens is 1. The molecule has 8 nitrogen and oxygen atoms in total. The van der Waals surface area contributed by atoms with E-state index in [1.165, 1.54) is 35.2 Å². The van der Waals surface area contributed by atoms with Crippen LogP contribution in [0.15, 0.2) is 104 Å². The molecule has 0 N–H and O–H groups in total. The Labute approximate surface area is 388 Å². The third kappa shape index (κ3) is 12.4. The Morgan fingerprint density at radius 2 is 1.02 bits per heavy atom. The van der Waals surface area contributed by atoms with Crippen LogP contribution >= 0.6 is 20.8 Å². The summed E-state index contributed by atoms with van der Waals surface area (Å²) in [6.07, 6.45) is 8.40. The van der Waals surface area contributed by atoms with E-state index < -0.39 is 28.8 Å². The summed E-state index contributed by atoms with van der Waals surface area (Å²) in [5, 5.41) is 1.48. The van der Waals surface area contributed by atoms with Gasteiger partial charge in [-0.1, -0.05) is 47.1 Å². The number of hydrogen-bond acceptors (Lipinski definition) is 8. The van der Waals surface area contributed by atoms with E-state index in [-0.39, 0.29) is 54.8 Å². The minimum Gasteiger partial charge on any atom is -0.343 e. The molecule has 0 radical (unpaired) electrons. The van der Waals surface area contributed by atoms with Crippen molar-refractivity contribution in [2.45, 2.75) is 148 Å². The molecule has 0 aliphatic carbocycles. The third-order valence-electron chi connectivity index (χ3n) is 12.3. The minimum absolute atomic E-state index is 0. The largest absolute Gasteiger partial charge is 1.00 e. The van der Waals surface area contributed by atoms with Crippen LogP contribution in [-0.2, 0) is 38.0 Å². The molecule has 5 aliphatic heterocycles. The molecule has 3 aromatic carbocycles. The zero-order chi connectivity index (χ0) is 44.3. The number of carbonyl (C=O) groups is 1. The quantitative estimate of drug-likeness (QED) is 0.0745. The van der Waals surface area contributed by atoms with E-state index in [1.807, 2.05) is 47.6 Å². The van der Waals surface area contributed by atoms with Gasteiger partial charge < -0.3 is 44.9 Å². The fraction of sp³-hybridized carbons (Fsp3) is 0.560. The summed E-state index contributed by atoms with van der Waals surface area (Å²) in [6, 6.07) is 32.3. The molecule has 0 bridgehead atoms. The molecule has 61 heavy (non-hydrogen) atoms. The SMILES string of the molecule is C1CCOC1.C=C[C@]1(CC)O[C@@H]2OC(C)(C)O[C@@H]2[C@@H]1C.CC[C@@]1(C=O)O[C@@H]2OC(C)(C)O[C@@H]2[C@@H]1C.CP(Br)(c1ccccc1)(c1ccccc1)c1ccccc1.[CH2-]CCC.[Li+]. The number of fused-ring (bicyclic) bond motifs is 2. The van der Waals surface area contributed by atoms with Crippen LogP contribution in [0.3, 0.4) is 0 Å². The second-order valence-corrected chi connectivity index (χ2v) is 27.0. The molecule has 0 spiro atoms. The zero-order valence-corrected chi connectivity index (χ0v) is 41.4. The van der Waals surface area contributed by atoms with E-state index in [0.29, 0.717) is 6.42 Å². The van der Waals surface area contributed by atoms with Gasteiger partial charge in [-0.25, -0.2) is 0 Å². The van der Waals surface area contributed by atoms with Gasteiger partial charge in [0.2, 0.25) is 0 Å². The van der Waals surface area contributed by atoms with Gasteiger partial charge in [0.15, 0.2) is 30.4 Å². The van der Waals surface area contributed by atoms with Crippen molar-refractivity contribution in [1.82, 2.24) is 0 Å². The molecular formula is C50H73BrLiO8P. The first-order valence-corrected chi connectivity index (χ1v) is 26.6. The summed E-state index contributed by atoms with van der Waals surface area (Å²) >= 11 is 4.24. The average molecular weight is 920 g/mol. The van der Waals surface area contributed by atoms with Crippen LogP contribution in [0.25, 0.3) is 0 Å². The van der Waals surface area contributed by atoms with Crippen LogP contribution in [-0.4, -0.2) is 73.7 Å². The van der Waals surface area contributed by atoms with Gasteiger partial charge in [-0.15, -0.1) is 6.58 Å². The van der Waals surface area contributed by atoms with Crippen molar-refractivity contribution < 1.29 is 56.8 Å². The summed E-state index contributed by atoms with van der Waals surface area (Å²) in [5.74, 6) is -0.810. The van der Waals surface area contributed by atoms with Gasteiger partial charge in [-0.2, -0.15) is 6.42 Å². The first-order valence-electron chi connectivity index (χ1n) is 21.9. The number of rotatable bonds is 8. The Balaban J connectivity index is 0.000000222. The number of unbranched alkanes of at least 4 members (excludes halogenated alkanes) is 1. The number of hydrogen-bond donors (Lipinski definition) is 0. The second-order valence-electron chi connectivity index (χ2n) is 17.3. The number of aldehydes is 1. The Kier molecular flexibility index (Phi) is 20.2. The van der Waals surface area contributed by atoms with E-state index in [4.69, 9.17) is 33.2 Å². The van der Waals surface area contributed by atoms with Crippen LogP contribution in [0, 0.1) is 18.8 Å². The summed E-state index contributed by atoms with van der Waals surface area (Å²) in [4.78, 5) is 11.1. The number of carbonyl (C=O) groups excluding carboxylic acids is 1. The van der Waals surface area contributed by atoms with Crippen molar-refractivity contribution in [2.75, 3.05) is 19.9 Å². The first kappa shape index (κ1) is 53.6. The van der Waals surface area contributed by atoms with Crippen LogP contribution < -0.4 is 34.8 Å². The summed E-state index contributed by atoms with van der Waals surface area (Å²) in [6.45, 7) is 29.7. The molecule has 0 saturated carbocycles. The summed E-state index contributed by atoms with van der Waals surface area (Å²) in [7, 11) is 0. The predicted octanol–water partition coefficient (Wildman–Crippen LogP) is 7.82. The second kappa shape index (κ2) is 23.0. The number of benzene rings is 3. The normalized spacial score (nSPS) is 30.6. The van der Waals surface area contributed by atoms with Crippen LogP contribution in [0.4, 0.5) is 0 Å². The van der Waals surface area contributed by atoms with Gasteiger partial charge >= 0.3 is 153 Å². The average Bonchev–Trinajstić information content (AvgIpc) is 4.09. The molecule has 334 valence electrons. The van der Waals surface area contributed by atoms with E-state index in [1.54, 1.807) is 0 Å². The van der Waals surface area contributed by atoms with Crippen LogP contribution in [0.2, 0.25) is 0 Å². The molecule has 5 fully saturated rings. The maximum absolute atomic E-state index is 11.1. The van der Waals surface area contributed by atoms with Crippen molar-refractivity contribution in [3.63, 3.8) is 0 Å². The maximum atomic E-state index is 11.1. The molecule has 0 amide bonds.